The number of rotatable bonds is 5. The Hall–Kier alpha value is -3.08. The van der Waals surface area contributed by atoms with E-state index in [1.54, 1.807) is 14.2 Å². The zero-order valence-corrected chi connectivity index (χ0v) is 18.9. The van der Waals surface area contributed by atoms with E-state index in [1.165, 1.54) is 7.11 Å². The highest BCUT2D eigenvalue weighted by Crippen LogP contribution is 2.74. The maximum Gasteiger partial charge on any atom is 0.312 e. The van der Waals surface area contributed by atoms with Crippen molar-refractivity contribution in [2.45, 2.75) is 27.2 Å². The van der Waals surface area contributed by atoms with Crippen molar-refractivity contribution in [3.63, 3.8) is 0 Å². The van der Waals surface area contributed by atoms with Gasteiger partial charge >= 0.3 is 5.97 Å². The maximum atomic E-state index is 14.1. The SMILES string of the molecule is COC(=O)[C@@]1(C)C[C@]2(C)C(=O)[C@@]1(C)C(c1ccccc1OC)=C2c1ccccc1OC. The topological polar surface area (TPSA) is 61.8 Å². The van der Waals surface area contributed by atoms with Crippen molar-refractivity contribution in [2.75, 3.05) is 21.3 Å². The van der Waals surface area contributed by atoms with Crippen molar-refractivity contribution in [2.24, 2.45) is 16.2 Å². The van der Waals surface area contributed by atoms with Crippen molar-refractivity contribution < 1.29 is 23.8 Å². The number of fused-ring (bicyclic) bond motifs is 2. The number of allylic oxidation sites excluding steroid dienone is 2. The highest BCUT2D eigenvalue weighted by Gasteiger charge is 2.75. The minimum absolute atomic E-state index is 0.0229. The lowest BCUT2D eigenvalue weighted by molar-refractivity contribution is -0.157. The number of carbonyl (C=O) groups is 2. The molecule has 0 aliphatic heterocycles. The first-order valence-electron chi connectivity index (χ1n) is 10.4. The molecular weight excluding hydrogens is 392 g/mol. The number of benzene rings is 2. The van der Waals surface area contributed by atoms with E-state index in [-0.39, 0.29) is 11.8 Å². The van der Waals surface area contributed by atoms with Gasteiger partial charge in [0.2, 0.25) is 0 Å². The van der Waals surface area contributed by atoms with Gasteiger partial charge in [-0.05, 0) is 50.5 Å². The standard InChI is InChI=1S/C26H28O5/c1-24-15-25(2,23(28)31-6)26(3,22(24)27)21(17-12-8-10-14-19(17)30-5)20(24)16-11-7-9-13-18(16)29-4/h7-14H,15H2,1-6H3/t24-,25+,26+/m0/s1. The monoisotopic (exact) mass is 420 g/mol. The third-order valence-electron chi connectivity index (χ3n) is 7.46. The lowest BCUT2D eigenvalue weighted by atomic mass is 9.59. The molecular formula is C26H28O5. The van der Waals surface area contributed by atoms with Crippen molar-refractivity contribution in [3.8, 4) is 11.5 Å². The summed E-state index contributed by atoms with van der Waals surface area (Å²) in [5.41, 5.74) is 0.402. The summed E-state index contributed by atoms with van der Waals surface area (Å²) in [5.74, 6) is 0.991. The van der Waals surface area contributed by atoms with Gasteiger partial charge in [0.1, 0.15) is 11.5 Å². The first-order chi connectivity index (χ1) is 14.7. The molecule has 2 aromatic rings. The van der Waals surface area contributed by atoms with Crippen LogP contribution in [0.25, 0.3) is 11.1 Å². The molecule has 2 aliphatic carbocycles. The molecule has 2 bridgehead atoms. The first kappa shape index (κ1) is 21.2. The zero-order chi connectivity index (χ0) is 22.6. The zero-order valence-electron chi connectivity index (χ0n) is 18.9. The number of hydrogen-bond acceptors (Lipinski definition) is 5. The molecule has 0 amide bonds. The molecule has 1 saturated carbocycles. The van der Waals surface area contributed by atoms with E-state index in [0.29, 0.717) is 17.9 Å². The Bertz CT molecular complexity index is 1120. The molecule has 0 aromatic heterocycles. The average Bonchev–Trinajstić information content (AvgIpc) is 3.06. The fraction of sp³-hybridized carbons (Fsp3) is 0.385. The minimum atomic E-state index is -1.08. The molecule has 0 saturated heterocycles. The Morgan fingerprint density at radius 3 is 1.77 bits per heavy atom. The predicted molar refractivity (Wildman–Crippen MR) is 119 cm³/mol. The number of para-hydroxylation sites is 2. The number of carbonyl (C=O) groups excluding carboxylic acids is 2. The molecule has 3 atom stereocenters. The summed E-state index contributed by atoms with van der Waals surface area (Å²) in [4.78, 5) is 27.1. The van der Waals surface area contributed by atoms with Gasteiger partial charge in [-0.2, -0.15) is 0 Å². The summed E-state index contributed by atoms with van der Waals surface area (Å²) in [6, 6.07) is 15.3. The van der Waals surface area contributed by atoms with Gasteiger partial charge in [0, 0.05) is 11.1 Å². The number of ketones is 1. The molecule has 162 valence electrons. The van der Waals surface area contributed by atoms with E-state index < -0.39 is 16.2 Å². The van der Waals surface area contributed by atoms with Gasteiger partial charge in [-0.25, -0.2) is 0 Å². The summed E-state index contributed by atoms with van der Waals surface area (Å²) in [5, 5.41) is 0. The molecule has 0 N–H and O–H groups in total. The van der Waals surface area contributed by atoms with Crippen LogP contribution < -0.4 is 9.47 Å². The molecule has 2 aliphatic rings. The van der Waals surface area contributed by atoms with E-state index in [9.17, 15) is 9.59 Å². The van der Waals surface area contributed by atoms with Crippen molar-refractivity contribution in [1.82, 2.24) is 0 Å². The fourth-order valence-corrected chi connectivity index (χ4v) is 5.92. The molecule has 5 heteroatoms. The molecule has 2 aromatic carbocycles. The van der Waals surface area contributed by atoms with Crippen LogP contribution >= 0.6 is 0 Å². The third kappa shape index (κ3) is 2.49. The summed E-state index contributed by atoms with van der Waals surface area (Å²) in [6.45, 7) is 5.66. The van der Waals surface area contributed by atoms with Gasteiger partial charge in [0.25, 0.3) is 0 Å². The van der Waals surface area contributed by atoms with Crippen LogP contribution in [0.1, 0.15) is 38.3 Å². The van der Waals surface area contributed by atoms with Crippen LogP contribution in [0.15, 0.2) is 48.5 Å². The first-order valence-corrected chi connectivity index (χ1v) is 10.4. The van der Waals surface area contributed by atoms with Crippen LogP contribution in [0.4, 0.5) is 0 Å². The summed E-state index contributed by atoms with van der Waals surface area (Å²) in [7, 11) is 4.62. The third-order valence-corrected chi connectivity index (χ3v) is 7.46. The Labute approximate surface area is 183 Å². The lowest BCUT2D eigenvalue weighted by Gasteiger charge is -2.42. The van der Waals surface area contributed by atoms with Gasteiger partial charge in [0.15, 0.2) is 5.78 Å². The number of Topliss-reactive ketones (excluding diaryl/α,β-unsaturated/α-hetero) is 1. The van der Waals surface area contributed by atoms with Crippen LogP contribution in [-0.4, -0.2) is 33.1 Å². The van der Waals surface area contributed by atoms with E-state index in [0.717, 1.165) is 22.3 Å². The second-order valence-electron chi connectivity index (χ2n) is 8.94. The summed E-state index contributed by atoms with van der Waals surface area (Å²) >= 11 is 0. The largest absolute Gasteiger partial charge is 0.496 e. The van der Waals surface area contributed by atoms with Crippen LogP contribution in [0.3, 0.4) is 0 Å². The molecule has 5 nitrogen and oxygen atoms in total. The smallest absolute Gasteiger partial charge is 0.312 e. The van der Waals surface area contributed by atoms with Gasteiger partial charge in [-0.1, -0.05) is 36.4 Å². The summed E-state index contributed by atoms with van der Waals surface area (Å²) in [6.07, 6.45) is 0.369. The minimum Gasteiger partial charge on any atom is -0.496 e. The van der Waals surface area contributed by atoms with Gasteiger partial charge in [0.05, 0.1) is 37.6 Å². The molecule has 0 spiro atoms. The Kier molecular flexibility index (Phi) is 4.76. The van der Waals surface area contributed by atoms with E-state index in [2.05, 4.69) is 0 Å². The second-order valence-corrected chi connectivity index (χ2v) is 8.94. The quantitative estimate of drug-likeness (QED) is 0.651. The highest BCUT2D eigenvalue weighted by atomic mass is 16.5. The molecule has 0 unspecified atom stereocenters. The van der Waals surface area contributed by atoms with E-state index in [4.69, 9.17) is 14.2 Å². The second kappa shape index (κ2) is 6.98. The van der Waals surface area contributed by atoms with Crippen LogP contribution in [-0.2, 0) is 14.3 Å². The molecule has 4 rings (SSSR count). The highest BCUT2D eigenvalue weighted by molar-refractivity contribution is 6.25. The Morgan fingerprint density at radius 1 is 0.806 bits per heavy atom. The van der Waals surface area contributed by atoms with Gasteiger partial charge < -0.3 is 14.2 Å². The van der Waals surface area contributed by atoms with Crippen LogP contribution in [0.5, 0.6) is 11.5 Å². The van der Waals surface area contributed by atoms with E-state index in [1.807, 2.05) is 69.3 Å². The number of hydrogen-bond donors (Lipinski definition) is 0. The number of methoxy groups -OCH3 is 3. The van der Waals surface area contributed by atoms with E-state index >= 15 is 0 Å². The van der Waals surface area contributed by atoms with Crippen molar-refractivity contribution in [1.29, 1.82) is 0 Å². The Balaban J connectivity index is 2.16. The average molecular weight is 421 g/mol. The summed E-state index contributed by atoms with van der Waals surface area (Å²) < 4.78 is 16.6. The molecule has 1 fully saturated rings. The predicted octanol–water partition coefficient (Wildman–Crippen LogP) is 4.79. The fourth-order valence-electron chi connectivity index (χ4n) is 5.92. The normalized spacial score (nSPS) is 29.3. The lowest BCUT2D eigenvalue weighted by Crippen LogP contribution is -2.44. The maximum absolute atomic E-state index is 14.1. The van der Waals surface area contributed by atoms with Crippen molar-refractivity contribution in [3.05, 3.63) is 59.7 Å². The number of ether oxygens (including phenoxy) is 3. The van der Waals surface area contributed by atoms with Gasteiger partial charge in [-0.15, -0.1) is 0 Å². The Morgan fingerprint density at radius 2 is 1.29 bits per heavy atom. The number of esters is 1. The van der Waals surface area contributed by atoms with Crippen LogP contribution in [0, 0.1) is 16.2 Å². The molecule has 31 heavy (non-hydrogen) atoms. The van der Waals surface area contributed by atoms with Gasteiger partial charge in [-0.3, -0.25) is 9.59 Å². The molecule has 0 radical (unpaired) electrons. The van der Waals surface area contributed by atoms with Crippen LogP contribution in [0.2, 0.25) is 0 Å². The molecule has 0 heterocycles. The van der Waals surface area contributed by atoms with Crippen molar-refractivity contribution >= 4 is 22.9 Å².